The van der Waals surface area contributed by atoms with E-state index in [1.807, 2.05) is 0 Å². The summed E-state index contributed by atoms with van der Waals surface area (Å²) < 4.78 is 0. The molecule has 0 aromatic rings. The van der Waals surface area contributed by atoms with Gasteiger partial charge in [-0.3, -0.25) is 0 Å². The highest BCUT2D eigenvalue weighted by molar-refractivity contribution is 4.94. The van der Waals surface area contributed by atoms with Crippen LogP contribution in [-0.4, -0.2) is 25.2 Å². The van der Waals surface area contributed by atoms with Crippen molar-refractivity contribution in [3.8, 4) is 0 Å². The molecule has 2 atom stereocenters. The summed E-state index contributed by atoms with van der Waals surface area (Å²) >= 11 is 0. The van der Waals surface area contributed by atoms with E-state index >= 15 is 0 Å². The summed E-state index contributed by atoms with van der Waals surface area (Å²) in [5.41, 5.74) is 1.40. The maximum atomic E-state index is 3.66. The molecule has 0 aliphatic carbocycles. The summed E-state index contributed by atoms with van der Waals surface area (Å²) in [4.78, 5) is 0. The molecule has 2 N–H and O–H groups in total. The minimum Gasteiger partial charge on any atom is -0.314 e. The Morgan fingerprint density at radius 3 is 2.94 bits per heavy atom. The molecule has 94 valence electrons. The van der Waals surface area contributed by atoms with Crippen molar-refractivity contribution in [2.24, 2.45) is 0 Å². The van der Waals surface area contributed by atoms with Crippen molar-refractivity contribution in [2.75, 3.05) is 13.1 Å². The van der Waals surface area contributed by atoms with Gasteiger partial charge >= 0.3 is 0 Å². The summed E-state index contributed by atoms with van der Waals surface area (Å²) in [6.45, 7) is 8.82. The molecule has 0 saturated carbocycles. The second kappa shape index (κ2) is 7.86. The zero-order valence-electron chi connectivity index (χ0n) is 11.2. The first-order valence-electron chi connectivity index (χ1n) is 6.78. The summed E-state index contributed by atoms with van der Waals surface area (Å²) in [6, 6.07) is 1.35. The lowest BCUT2D eigenvalue weighted by atomic mass is 10.0. The fraction of sp³-hybridized carbons (Fsp3) is 0.857. The third kappa shape index (κ3) is 6.29. The molecule has 2 nitrogen and oxygen atoms in total. The number of hydrogen-bond donors (Lipinski definition) is 2. The third-order valence-corrected chi connectivity index (χ3v) is 3.28. The SMILES string of the molecule is CC(C)=CCNC(C)CC1CCCCCN1. The molecular weight excluding hydrogens is 196 g/mol. The first kappa shape index (κ1) is 13.7. The molecule has 1 aliphatic heterocycles. The summed E-state index contributed by atoms with van der Waals surface area (Å²) in [5, 5.41) is 7.22. The molecule has 0 aromatic heterocycles. The molecule has 1 saturated heterocycles. The quantitative estimate of drug-likeness (QED) is 0.702. The molecule has 0 radical (unpaired) electrons. The number of hydrogen-bond acceptors (Lipinski definition) is 2. The zero-order chi connectivity index (χ0) is 11.8. The van der Waals surface area contributed by atoms with Crippen LogP contribution in [0.3, 0.4) is 0 Å². The van der Waals surface area contributed by atoms with Gasteiger partial charge in [0.25, 0.3) is 0 Å². The van der Waals surface area contributed by atoms with E-state index in [9.17, 15) is 0 Å². The average molecular weight is 224 g/mol. The van der Waals surface area contributed by atoms with Gasteiger partial charge in [-0.25, -0.2) is 0 Å². The van der Waals surface area contributed by atoms with E-state index in [0.717, 1.165) is 12.6 Å². The van der Waals surface area contributed by atoms with E-state index in [2.05, 4.69) is 37.5 Å². The van der Waals surface area contributed by atoms with Gasteiger partial charge < -0.3 is 10.6 Å². The van der Waals surface area contributed by atoms with Crippen molar-refractivity contribution >= 4 is 0 Å². The van der Waals surface area contributed by atoms with E-state index in [4.69, 9.17) is 0 Å². The number of rotatable bonds is 5. The van der Waals surface area contributed by atoms with Crippen LogP contribution in [0.1, 0.15) is 52.9 Å². The Kier molecular flexibility index (Phi) is 6.74. The standard InChI is InChI=1S/C14H28N2/c1-12(2)8-10-15-13(3)11-14-7-5-4-6-9-16-14/h8,13-16H,4-7,9-11H2,1-3H3. The fourth-order valence-corrected chi connectivity index (χ4v) is 2.28. The van der Waals surface area contributed by atoms with Crippen LogP contribution in [0.25, 0.3) is 0 Å². The molecule has 0 aromatic carbocycles. The third-order valence-electron chi connectivity index (χ3n) is 3.28. The van der Waals surface area contributed by atoms with Crippen molar-refractivity contribution in [1.29, 1.82) is 0 Å². The Labute approximate surface area is 101 Å². The lowest BCUT2D eigenvalue weighted by Crippen LogP contribution is -2.36. The molecule has 1 aliphatic rings. The highest BCUT2D eigenvalue weighted by atomic mass is 14.9. The van der Waals surface area contributed by atoms with Crippen LogP contribution < -0.4 is 10.6 Å². The Balaban J connectivity index is 2.16. The lowest BCUT2D eigenvalue weighted by molar-refractivity contribution is 0.412. The van der Waals surface area contributed by atoms with Crippen LogP contribution >= 0.6 is 0 Å². The van der Waals surface area contributed by atoms with Crippen LogP contribution in [0.5, 0.6) is 0 Å². The van der Waals surface area contributed by atoms with Crippen LogP contribution in [0, 0.1) is 0 Å². The summed E-state index contributed by atoms with van der Waals surface area (Å²) in [7, 11) is 0. The molecule has 16 heavy (non-hydrogen) atoms. The Bertz CT molecular complexity index is 199. The predicted molar refractivity (Wildman–Crippen MR) is 71.8 cm³/mol. The van der Waals surface area contributed by atoms with Crippen LogP contribution in [0.2, 0.25) is 0 Å². The van der Waals surface area contributed by atoms with Gasteiger partial charge in [0.1, 0.15) is 0 Å². The number of nitrogens with one attached hydrogen (secondary N) is 2. The lowest BCUT2D eigenvalue weighted by Gasteiger charge is -2.21. The van der Waals surface area contributed by atoms with E-state index < -0.39 is 0 Å². The van der Waals surface area contributed by atoms with Crippen molar-refractivity contribution in [2.45, 2.75) is 65.0 Å². The zero-order valence-corrected chi connectivity index (χ0v) is 11.2. The topological polar surface area (TPSA) is 24.1 Å². The smallest absolute Gasteiger partial charge is 0.0139 e. The summed E-state index contributed by atoms with van der Waals surface area (Å²) in [5.74, 6) is 0. The van der Waals surface area contributed by atoms with Gasteiger partial charge in [-0.2, -0.15) is 0 Å². The normalized spacial score (nSPS) is 23.6. The van der Waals surface area contributed by atoms with Crippen molar-refractivity contribution < 1.29 is 0 Å². The van der Waals surface area contributed by atoms with Gasteiger partial charge in [-0.05, 0) is 46.6 Å². The van der Waals surface area contributed by atoms with E-state index in [1.54, 1.807) is 0 Å². The second-order valence-electron chi connectivity index (χ2n) is 5.33. The van der Waals surface area contributed by atoms with Crippen molar-refractivity contribution in [3.63, 3.8) is 0 Å². The van der Waals surface area contributed by atoms with Crippen LogP contribution in [-0.2, 0) is 0 Å². The van der Waals surface area contributed by atoms with Crippen molar-refractivity contribution in [3.05, 3.63) is 11.6 Å². The predicted octanol–water partition coefficient (Wildman–Crippen LogP) is 2.85. The van der Waals surface area contributed by atoms with E-state index in [-0.39, 0.29) is 0 Å². The minimum atomic E-state index is 0.617. The number of allylic oxidation sites excluding steroid dienone is 1. The molecule has 2 unspecified atom stereocenters. The molecule has 0 bridgehead atoms. The molecule has 0 amide bonds. The molecule has 1 rings (SSSR count). The molecule has 1 fully saturated rings. The van der Waals surface area contributed by atoms with Gasteiger partial charge in [0, 0.05) is 18.6 Å². The molecule has 2 heteroatoms. The molecular formula is C14H28N2. The van der Waals surface area contributed by atoms with Gasteiger partial charge in [-0.15, -0.1) is 0 Å². The van der Waals surface area contributed by atoms with Gasteiger partial charge in [0.05, 0.1) is 0 Å². The highest BCUT2D eigenvalue weighted by Crippen LogP contribution is 2.12. The maximum Gasteiger partial charge on any atom is 0.0139 e. The first-order valence-corrected chi connectivity index (χ1v) is 6.78. The van der Waals surface area contributed by atoms with Gasteiger partial charge in [0.15, 0.2) is 0 Å². The van der Waals surface area contributed by atoms with Crippen LogP contribution in [0.15, 0.2) is 11.6 Å². The largest absolute Gasteiger partial charge is 0.314 e. The van der Waals surface area contributed by atoms with Gasteiger partial charge in [0.2, 0.25) is 0 Å². The molecule has 0 spiro atoms. The monoisotopic (exact) mass is 224 g/mol. The summed E-state index contributed by atoms with van der Waals surface area (Å²) in [6.07, 6.45) is 9.04. The van der Waals surface area contributed by atoms with E-state index in [1.165, 1.54) is 44.2 Å². The first-order chi connectivity index (χ1) is 7.68. The Hall–Kier alpha value is -0.340. The van der Waals surface area contributed by atoms with Crippen LogP contribution in [0.4, 0.5) is 0 Å². The average Bonchev–Trinajstić information content (AvgIpc) is 2.45. The highest BCUT2D eigenvalue weighted by Gasteiger charge is 2.13. The minimum absolute atomic E-state index is 0.617. The fourth-order valence-electron chi connectivity index (χ4n) is 2.28. The van der Waals surface area contributed by atoms with Crippen molar-refractivity contribution in [1.82, 2.24) is 10.6 Å². The molecule has 1 heterocycles. The Morgan fingerprint density at radius 1 is 1.38 bits per heavy atom. The second-order valence-corrected chi connectivity index (χ2v) is 5.33. The van der Waals surface area contributed by atoms with Gasteiger partial charge in [-0.1, -0.05) is 24.5 Å². The maximum absolute atomic E-state index is 3.66. The Morgan fingerprint density at radius 2 is 2.19 bits per heavy atom. The van der Waals surface area contributed by atoms with E-state index in [0.29, 0.717) is 6.04 Å².